The standard InChI is InChI=1S/C19H26N2O3/c1-12-15-7-5-6-8-16(15)24-17(12)13(2)20-18(22)21-14-9-10-23-19(3,4)11-14/h5-8,13-14H,9-11H2,1-4H3,(H2,20,21,22)/t13-,14?/m0/s1. The molecule has 130 valence electrons. The molecule has 1 aliphatic heterocycles. The zero-order valence-electron chi connectivity index (χ0n) is 14.8. The van der Waals surface area contributed by atoms with E-state index in [2.05, 4.69) is 24.5 Å². The Balaban J connectivity index is 1.64. The van der Waals surface area contributed by atoms with Gasteiger partial charge >= 0.3 is 6.03 Å². The average Bonchev–Trinajstić information content (AvgIpc) is 2.84. The van der Waals surface area contributed by atoms with Gasteiger partial charge in [-0.2, -0.15) is 0 Å². The second-order valence-corrected chi connectivity index (χ2v) is 7.22. The van der Waals surface area contributed by atoms with Crippen LogP contribution in [0.25, 0.3) is 11.0 Å². The maximum Gasteiger partial charge on any atom is 0.315 e. The maximum absolute atomic E-state index is 12.3. The third kappa shape index (κ3) is 3.56. The van der Waals surface area contributed by atoms with Gasteiger partial charge in [-0.1, -0.05) is 18.2 Å². The Labute approximate surface area is 142 Å². The van der Waals surface area contributed by atoms with Gasteiger partial charge in [-0.3, -0.25) is 0 Å². The summed E-state index contributed by atoms with van der Waals surface area (Å²) in [4.78, 5) is 12.3. The van der Waals surface area contributed by atoms with Crippen molar-refractivity contribution in [2.45, 2.75) is 58.2 Å². The number of carbonyl (C=O) groups is 1. The molecule has 1 aliphatic rings. The van der Waals surface area contributed by atoms with Crippen LogP contribution in [0.5, 0.6) is 0 Å². The predicted octanol–water partition coefficient (Wildman–Crippen LogP) is 4.06. The highest BCUT2D eigenvalue weighted by Crippen LogP contribution is 2.29. The molecular formula is C19H26N2O3. The SMILES string of the molecule is Cc1c([C@H](C)NC(=O)NC2CCOC(C)(C)C2)oc2ccccc12. The van der Waals surface area contributed by atoms with E-state index in [4.69, 9.17) is 9.15 Å². The van der Waals surface area contributed by atoms with Crippen LogP contribution in [0.1, 0.15) is 51.0 Å². The number of furan rings is 1. The molecule has 2 amide bonds. The highest BCUT2D eigenvalue weighted by molar-refractivity contribution is 5.82. The van der Waals surface area contributed by atoms with Crippen molar-refractivity contribution in [3.8, 4) is 0 Å². The average molecular weight is 330 g/mol. The smallest absolute Gasteiger partial charge is 0.315 e. The van der Waals surface area contributed by atoms with Crippen molar-refractivity contribution in [1.82, 2.24) is 10.6 Å². The van der Waals surface area contributed by atoms with Crippen LogP contribution >= 0.6 is 0 Å². The van der Waals surface area contributed by atoms with Crippen molar-refractivity contribution < 1.29 is 13.9 Å². The van der Waals surface area contributed by atoms with Crippen LogP contribution in [0.2, 0.25) is 0 Å². The molecule has 0 spiro atoms. The Kier molecular flexibility index (Phi) is 4.54. The Hall–Kier alpha value is -2.01. The molecule has 24 heavy (non-hydrogen) atoms. The van der Waals surface area contributed by atoms with E-state index in [0.29, 0.717) is 6.61 Å². The van der Waals surface area contributed by atoms with E-state index in [1.165, 1.54) is 0 Å². The van der Waals surface area contributed by atoms with E-state index in [0.717, 1.165) is 35.1 Å². The van der Waals surface area contributed by atoms with E-state index in [-0.39, 0.29) is 23.7 Å². The number of rotatable bonds is 3. The number of para-hydroxylation sites is 1. The first-order valence-corrected chi connectivity index (χ1v) is 8.55. The molecule has 2 N–H and O–H groups in total. The molecule has 1 aromatic carbocycles. The first-order chi connectivity index (χ1) is 11.4. The lowest BCUT2D eigenvalue weighted by molar-refractivity contribution is -0.0611. The van der Waals surface area contributed by atoms with Gasteiger partial charge in [-0.05, 0) is 46.6 Å². The topological polar surface area (TPSA) is 63.5 Å². The molecule has 1 saturated heterocycles. The highest BCUT2D eigenvalue weighted by atomic mass is 16.5. The number of aryl methyl sites for hydroxylation is 1. The molecule has 0 saturated carbocycles. The summed E-state index contributed by atoms with van der Waals surface area (Å²) in [7, 11) is 0. The minimum atomic E-state index is -0.190. The molecule has 0 aliphatic carbocycles. The van der Waals surface area contributed by atoms with Gasteiger partial charge in [0.05, 0.1) is 11.6 Å². The lowest BCUT2D eigenvalue weighted by Gasteiger charge is -2.35. The van der Waals surface area contributed by atoms with Gasteiger partial charge in [0.15, 0.2) is 0 Å². The summed E-state index contributed by atoms with van der Waals surface area (Å²) in [5.41, 5.74) is 1.74. The minimum Gasteiger partial charge on any atom is -0.459 e. The van der Waals surface area contributed by atoms with Crippen molar-refractivity contribution >= 4 is 17.0 Å². The number of ether oxygens (including phenoxy) is 1. The summed E-state index contributed by atoms with van der Waals surface area (Å²) in [5.74, 6) is 0.804. The molecule has 2 heterocycles. The number of benzene rings is 1. The van der Waals surface area contributed by atoms with Crippen LogP contribution in [0.4, 0.5) is 4.79 Å². The second-order valence-electron chi connectivity index (χ2n) is 7.22. The highest BCUT2D eigenvalue weighted by Gasteiger charge is 2.30. The number of hydrogen-bond acceptors (Lipinski definition) is 3. The summed E-state index contributed by atoms with van der Waals surface area (Å²) in [6.07, 6.45) is 1.66. The van der Waals surface area contributed by atoms with Gasteiger partial charge in [0.2, 0.25) is 0 Å². The van der Waals surface area contributed by atoms with Crippen molar-refractivity contribution in [2.75, 3.05) is 6.61 Å². The fourth-order valence-electron chi connectivity index (χ4n) is 3.45. The summed E-state index contributed by atoms with van der Waals surface area (Å²) in [6.45, 7) is 8.75. The largest absolute Gasteiger partial charge is 0.459 e. The van der Waals surface area contributed by atoms with E-state index in [1.54, 1.807) is 0 Å². The number of fused-ring (bicyclic) bond motifs is 1. The van der Waals surface area contributed by atoms with Crippen molar-refractivity contribution in [3.63, 3.8) is 0 Å². The summed E-state index contributed by atoms with van der Waals surface area (Å²) in [6, 6.07) is 7.71. The third-order valence-corrected chi connectivity index (χ3v) is 4.65. The third-order valence-electron chi connectivity index (χ3n) is 4.65. The van der Waals surface area contributed by atoms with Gasteiger partial charge in [0.25, 0.3) is 0 Å². The summed E-state index contributed by atoms with van der Waals surface area (Å²) < 4.78 is 11.6. The molecule has 2 aromatic rings. The van der Waals surface area contributed by atoms with E-state index >= 15 is 0 Å². The molecule has 1 fully saturated rings. The Morgan fingerprint density at radius 2 is 2.08 bits per heavy atom. The molecule has 5 heteroatoms. The number of carbonyl (C=O) groups excluding carboxylic acids is 1. The number of hydrogen-bond donors (Lipinski definition) is 2. The molecule has 2 atom stereocenters. The summed E-state index contributed by atoms with van der Waals surface area (Å²) in [5, 5.41) is 7.14. The Morgan fingerprint density at radius 3 is 2.79 bits per heavy atom. The Morgan fingerprint density at radius 1 is 1.33 bits per heavy atom. The zero-order chi connectivity index (χ0) is 17.3. The molecule has 0 bridgehead atoms. The van der Waals surface area contributed by atoms with Crippen LogP contribution in [-0.4, -0.2) is 24.3 Å². The van der Waals surface area contributed by atoms with Gasteiger partial charge in [-0.15, -0.1) is 0 Å². The fraction of sp³-hybridized carbons (Fsp3) is 0.526. The quantitative estimate of drug-likeness (QED) is 0.892. The van der Waals surface area contributed by atoms with Crippen LogP contribution in [0.15, 0.2) is 28.7 Å². The predicted molar refractivity (Wildman–Crippen MR) is 94.1 cm³/mol. The lowest BCUT2D eigenvalue weighted by atomic mass is 9.94. The normalized spacial score (nSPS) is 21.4. The van der Waals surface area contributed by atoms with Crippen molar-refractivity contribution in [2.24, 2.45) is 0 Å². The Bertz CT molecular complexity index is 735. The molecular weight excluding hydrogens is 304 g/mol. The molecule has 3 rings (SSSR count). The van der Waals surface area contributed by atoms with Crippen LogP contribution < -0.4 is 10.6 Å². The minimum absolute atomic E-state index is 0.137. The number of urea groups is 1. The van der Waals surface area contributed by atoms with Crippen LogP contribution in [0, 0.1) is 6.92 Å². The van der Waals surface area contributed by atoms with E-state index in [1.807, 2.05) is 38.1 Å². The van der Waals surface area contributed by atoms with Gasteiger partial charge < -0.3 is 19.8 Å². The van der Waals surface area contributed by atoms with Gasteiger partial charge in [0, 0.05) is 23.6 Å². The van der Waals surface area contributed by atoms with Gasteiger partial charge in [-0.25, -0.2) is 4.79 Å². The molecule has 1 unspecified atom stereocenters. The second kappa shape index (κ2) is 6.48. The van der Waals surface area contributed by atoms with Gasteiger partial charge in [0.1, 0.15) is 11.3 Å². The first kappa shape index (κ1) is 16.8. The molecule has 1 aromatic heterocycles. The van der Waals surface area contributed by atoms with E-state index in [9.17, 15) is 4.79 Å². The van der Waals surface area contributed by atoms with Crippen LogP contribution in [0.3, 0.4) is 0 Å². The zero-order valence-corrected chi connectivity index (χ0v) is 14.8. The molecule has 5 nitrogen and oxygen atoms in total. The van der Waals surface area contributed by atoms with E-state index < -0.39 is 0 Å². The van der Waals surface area contributed by atoms with Crippen molar-refractivity contribution in [1.29, 1.82) is 0 Å². The van der Waals surface area contributed by atoms with Crippen molar-refractivity contribution in [3.05, 3.63) is 35.6 Å². The lowest BCUT2D eigenvalue weighted by Crippen LogP contribution is -2.49. The van der Waals surface area contributed by atoms with Crippen LogP contribution in [-0.2, 0) is 4.74 Å². The summed E-state index contributed by atoms with van der Waals surface area (Å²) >= 11 is 0. The monoisotopic (exact) mass is 330 g/mol. The maximum atomic E-state index is 12.3. The fourth-order valence-corrected chi connectivity index (χ4v) is 3.45. The first-order valence-electron chi connectivity index (χ1n) is 8.55. The number of amides is 2. The molecule has 0 radical (unpaired) electrons. The number of nitrogens with one attached hydrogen (secondary N) is 2.